The molecule has 1 rings (SSSR count). The Morgan fingerprint density at radius 3 is 2.53 bits per heavy atom. The smallest absolute Gasteiger partial charge is 0.00178 e. The third kappa shape index (κ3) is 7.77. The van der Waals surface area contributed by atoms with E-state index in [0.29, 0.717) is 0 Å². The van der Waals surface area contributed by atoms with Crippen LogP contribution in [0.2, 0.25) is 0 Å². The second kappa shape index (κ2) is 10.5. The van der Waals surface area contributed by atoms with E-state index in [0.717, 1.165) is 17.8 Å². The quantitative estimate of drug-likeness (QED) is 0.424. The van der Waals surface area contributed by atoms with Crippen molar-refractivity contribution in [2.75, 3.05) is 13.1 Å². The maximum absolute atomic E-state index is 3.80. The summed E-state index contributed by atoms with van der Waals surface area (Å²) >= 11 is 0. The Kier molecular flexibility index (Phi) is 9.24. The Bertz CT molecular complexity index is 222. The van der Waals surface area contributed by atoms with Crippen LogP contribution in [0.1, 0.15) is 71.6 Å². The van der Waals surface area contributed by atoms with E-state index < -0.39 is 0 Å². The lowest BCUT2D eigenvalue weighted by atomic mass is 9.76. The molecule has 0 bridgehead atoms. The first-order valence-electron chi connectivity index (χ1n) is 8.55. The monoisotopic (exact) mass is 265 g/mol. The Hall–Kier alpha value is -0.300. The van der Waals surface area contributed by atoms with Gasteiger partial charge in [0.2, 0.25) is 0 Å². The van der Waals surface area contributed by atoms with Crippen LogP contribution < -0.4 is 5.32 Å². The molecule has 1 nitrogen and oxygen atoms in total. The highest BCUT2D eigenvalue weighted by molar-refractivity contribution is 4.77. The normalized spacial score (nSPS) is 23.7. The molecule has 1 heteroatoms. The number of nitrogens with one attached hydrogen (secondary N) is 1. The molecule has 0 radical (unpaired) electrons. The van der Waals surface area contributed by atoms with Gasteiger partial charge in [0, 0.05) is 0 Å². The second-order valence-corrected chi connectivity index (χ2v) is 6.78. The van der Waals surface area contributed by atoms with E-state index in [1.807, 2.05) is 0 Å². The summed E-state index contributed by atoms with van der Waals surface area (Å²) in [7, 11) is 0. The topological polar surface area (TPSA) is 12.0 Å². The molecule has 1 fully saturated rings. The number of allylic oxidation sites excluding steroid dienone is 1. The average Bonchev–Trinajstić information content (AvgIpc) is 2.40. The van der Waals surface area contributed by atoms with Gasteiger partial charge in [-0.15, -0.1) is 6.58 Å². The summed E-state index contributed by atoms with van der Waals surface area (Å²) in [6.07, 6.45) is 14.8. The molecule has 2 atom stereocenters. The van der Waals surface area contributed by atoms with Gasteiger partial charge in [-0.2, -0.15) is 0 Å². The standard InChI is InChI=1S/C18H35N/c1-4-5-6-7-8-11-17-12-9-10-13-18(17)15-19-14-16(2)3/h4,16-19H,1,5-15H2,2-3H3. The number of hydrogen-bond donors (Lipinski definition) is 1. The Morgan fingerprint density at radius 2 is 1.84 bits per heavy atom. The van der Waals surface area contributed by atoms with Crippen molar-refractivity contribution in [2.45, 2.75) is 71.6 Å². The highest BCUT2D eigenvalue weighted by atomic mass is 14.9. The van der Waals surface area contributed by atoms with Crippen molar-refractivity contribution in [3.05, 3.63) is 12.7 Å². The minimum Gasteiger partial charge on any atom is -0.316 e. The summed E-state index contributed by atoms with van der Waals surface area (Å²) in [5.74, 6) is 2.73. The van der Waals surface area contributed by atoms with Gasteiger partial charge in [-0.25, -0.2) is 0 Å². The van der Waals surface area contributed by atoms with E-state index in [9.17, 15) is 0 Å². The molecule has 1 saturated carbocycles. The lowest BCUT2D eigenvalue weighted by Crippen LogP contribution is -2.32. The van der Waals surface area contributed by atoms with Gasteiger partial charge in [-0.1, -0.05) is 58.4 Å². The van der Waals surface area contributed by atoms with Crippen LogP contribution in [0.15, 0.2) is 12.7 Å². The highest BCUT2D eigenvalue weighted by Gasteiger charge is 2.24. The Labute approximate surface area is 121 Å². The highest BCUT2D eigenvalue weighted by Crippen LogP contribution is 2.33. The van der Waals surface area contributed by atoms with Gasteiger partial charge in [-0.3, -0.25) is 0 Å². The zero-order valence-electron chi connectivity index (χ0n) is 13.3. The molecular weight excluding hydrogens is 230 g/mol. The van der Waals surface area contributed by atoms with Crippen LogP contribution in [-0.2, 0) is 0 Å². The summed E-state index contributed by atoms with van der Waals surface area (Å²) in [6, 6.07) is 0. The van der Waals surface area contributed by atoms with Crippen LogP contribution in [0.3, 0.4) is 0 Å². The summed E-state index contributed by atoms with van der Waals surface area (Å²) in [4.78, 5) is 0. The molecule has 0 spiro atoms. The molecular formula is C18H35N. The van der Waals surface area contributed by atoms with Gasteiger partial charge in [-0.05, 0) is 50.1 Å². The third-order valence-electron chi connectivity index (χ3n) is 4.51. The molecule has 19 heavy (non-hydrogen) atoms. The van der Waals surface area contributed by atoms with Crippen molar-refractivity contribution in [1.82, 2.24) is 5.32 Å². The maximum Gasteiger partial charge on any atom is -0.00178 e. The van der Waals surface area contributed by atoms with E-state index >= 15 is 0 Å². The van der Waals surface area contributed by atoms with E-state index in [4.69, 9.17) is 0 Å². The third-order valence-corrected chi connectivity index (χ3v) is 4.51. The van der Waals surface area contributed by atoms with Crippen LogP contribution in [0, 0.1) is 17.8 Å². The molecule has 0 aliphatic heterocycles. The fraction of sp³-hybridized carbons (Fsp3) is 0.889. The van der Waals surface area contributed by atoms with Crippen molar-refractivity contribution >= 4 is 0 Å². The van der Waals surface area contributed by atoms with Crippen molar-refractivity contribution in [1.29, 1.82) is 0 Å². The molecule has 0 aromatic rings. The van der Waals surface area contributed by atoms with Gasteiger partial charge in [0.25, 0.3) is 0 Å². The van der Waals surface area contributed by atoms with E-state index in [1.54, 1.807) is 0 Å². The van der Waals surface area contributed by atoms with Gasteiger partial charge in [0.05, 0.1) is 0 Å². The van der Waals surface area contributed by atoms with Crippen molar-refractivity contribution < 1.29 is 0 Å². The molecule has 2 unspecified atom stereocenters. The van der Waals surface area contributed by atoms with Gasteiger partial charge < -0.3 is 5.32 Å². The second-order valence-electron chi connectivity index (χ2n) is 6.78. The zero-order valence-corrected chi connectivity index (χ0v) is 13.3. The minimum absolute atomic E-state index is 0.779. The summed E-state index contributed by atoms with van der Waals surface area (Å²) < 4.78 is 0. The van der Waals surface area contributed by atoms with Gasteiger partial charge in [0.1, 0.15) is 0 Å². The van der Waals surface area contributed by atoms with E-state index in [1.165, 1.54) is 70.9 Å². The maximum atomic E-state index is 3.80. The first-order chi connectivity index (χ1) is 9.24. The summed E-state index contributed by atoms with van der Waals surface area (Å²) in [5.41, 5.74) is 0. The fourth-order valence-electron chi connectivity index (χ4n) is 3.36. The SMILES string of the molecule is C=CCCCCCC1CCCCC1CNCC(C)C. The first kappa shape index (κ1) is 16.8. The molecule has 0 saturated heterocycles. The van der Waals surface area contributed by atoms with E-state index in [-0.39, 0.29) is 0 Å². The van der Waals surface area contributed by atoms with E-state index in [2.05, 4.69) is 31.8 Å². The Balaban J connectivity index is 2.17. The first-order valence-corrected chi connectivity index (χ1v) is 8.55. The zero-order chi connectivity index (χ0) is 13.9. The molecule has 1 aliphatic rings. The minimum atomic E-state index is 0.779. The molecule has 112 valence electrons. The predicted octanol–water partition coefficient (Wildman–Crippen LogP) is 5.17. The summed E-state index contributed by atoms with van der Waals surface area (Å²) in [6.45, 7) is 10.8. The molecule has 1 aliphatic carbocycles. The lowest BCUT2D eigenvalue weighted by molar-refractivity contribution is 0.211. The van der Waals surface area contributed by atoms with Crippen LogP contribution in [0.25, 0.3) is 0 Å². The molecule has 0 amide bonds. The fourth-order valence-corrected chi connectivity index (χ4v) is 3.36. The Morgan fingerprint density at radius 1 is 1.11 bits per heavy atom. The lowest BCUT2D eigenvalue weighted by Gasteiger charge is -2.32. The molecule has 0 aromatic heterocycles. The van der Waals surface area contributed by atoms with Crippen LogP contribution in [0.4, 0.5) is 0 Å². The van der Waals surface area contributed by atoms with Crippen molar-refractivity contribution in [2.24, 2.45) is 17.8 Å². The number of rotatable bonds is 10. The van der Waals surface area contributed by atoms with Crippen LogP contribution in [-0.4, -0.2) is 13.1 Å². The molecule has 0 aromatic carbocycles. The average molecular weight is 265 g/mol. The van der Waals surface area contributed by atoms with Crippen LogP contribution in [0.5, 0.6) is 0 Å². The predicted molar refractivity (Wildman–Crippen MR) is 86.4 cm³/mol. The number of hydrogen-bond acceptors (Lipinski definition) is 1. The van der Waals surface area contributed by atoms with Crippen molar-refractivity contribution in [3.63, 3.8) is 0 Å². The van der Waals surface area contributed by atoms with Crippen LogP contribution >= 0.6 is 0 Å². The van der Waals surface area contributed by atoms with Gasteiger partial charge in [0.15, 0.2) is 0 Å². The van der Waals surface area contributed by atoms with Gasteiger partial charge >= 0.3 is 0 Å². The molecule has 1 N–H and O–H groups in total. The summed E-state index contributed by atoms with van der Waals surface area (Å²) in [5, 5.41) is 3.68. The largest absolute Gasteiger partial charge is 0.316 e. The molecule has 0 heterocycles. The number of unbranched alkanes of at least 4 members (excludes halogenated alkanes) is 3. The van der Waals surface area contributed by atoms with Crippen molar-refractivity contribution in [3.8, 4) is 0 Å².